The van der Waals surface area contributed by atoms with Crippen LogP contribution in [0, 0.1) is 0 Å². The van der Waals surface area contributed by atoms with Crippen molar-refractivity contribution < 1.29 is 5.11 Å². The maximum atomic E-state index is 10.00. The maximum Gasteiger partial charge on any atom is 0.0653 e. The Morgan fingerprint density at radius 3 is 2.65 bits per heavy atom. The molecule has 0 radical (unpaired) electrons. The highest BCUT2D eigenvalue weighted by Crippen LogP contribution is 2.29. The van der Waals surface area contributed by atoms with Gasteiger partial charge in [0.15, 0.2) is 0 Å². The molecule has 2 N–H and O–H groups in total. The smallest absolute Gasteiger partial charge is 0.0653 e. The first-order valence-corrected chi connectivity index (χ1v) is 7.86. The van der Waals surface area contributed by atoms with E-state index in [0.29, 0.717) is 0 Å². The van der Waals surface area contributed by atoms with Crippen molar-refractivity contribution in [2.75, 3.05) is 24.5 Å². The lowest BCUT2D eigenvalue weighted by Gasteiger charge is -2.37. The second-order valence-corrected chi connectivity index (χ2v) is 6.34. The van der Waals surface area contributed by atoms with Crippen LogP contribution >= 0.6 is 11.6 Å². The summed E-state index contributed by atoms with van der Waals surface area (Å²) in [5, 5.41) is 14.2. The molecule has 0 atom stereocenters. The lowest BCUT2D eigenvalue weighted by molar-refractivity contribution is 0.0351. The van der Waals surface area contributed by atoms with Gasteiger partial charge in [0.25, 0.3) is 0 Å². The Morgan fingerprint density at radius 1 is 1.35 bits per heavy atom. The quantitative estimate of drug-likeness (QED) is 0.819. The predicted octanol–water partition coefficient (Wildman–Crippen LogP) is 3.19. The Morgan fingerprint density at radius 2 is 2.05 bits per heavy atom. The molecule has 20 heavy (non-hydrogen) atoms. The van der Waals surface area contributed by atoms with Gasteiger partial charge in [-0.3, -0.25) is 0 Å². The highest BCUT2D eigenvalue weighted by atomic mass is 35.5. The zero-order chi connectivity index (χ0) is 14.6. The van der Waals surface area contributed by atoms with E-state index >= 15 is 0 Å². The largest absolute Gasteiger partial charge is 0.390 e. The molecule has 0 aromatic heterocycles. The van der Waals surface area contributed by atoms with Crippen LogP contribution in [0.2, 0.25) is 5.02 Å². The summed E-state index contributed by atoms with van der Waals surface area (Å²) in [4.78, 5) is 2.30. The van der Waals surface area contributed by atoms with E-state index in [2.05, 4.69) is 29.3 Å². The van der Waals surface area contributed by atoms with Crippen molar-refractivity contribution in [3.05, 3.63) is 28.8 Å². The summed E-state index contributed by atoms with van der Waals surface area (Å²) in [7, 11) is 0. The lowest BCUT2D eigenvalue weighted by atomic mass is 9.93. The van der Waals surface area contributed by atoms with Gasteiger partial charge in [0.2, 0.25) is 0 Å². The number of nitrogens with one attached hydrogen (secondary N) is 1. The molecular weight excluding hydrogens is 272 g/mol. The van der Waals surface area contributed by atoms with Crippen molar-refractivity contribution in [2.24, 2.45) is 0 Å². The fourth-order valence-electron chi connectivity index (χ4n) is 2.52. The minimum Gasteiger partial charge on any atom is -0.390 e. The van der Waals surface area contributed by atoms with Crippen LogP contribution in [-0.4, -0.2) is 30.3 Å². The first kappa shape index (κ1) is 15.6. The Kier molecular flexibility index (Phi) is 5.30. The zero-order valence-electron chi connectivity index (χ0n) is 12.5. The summed E-state index contributed by atoms with van der Waals surface area (Å²) in [5.74, 6) is 0. The summed E-state index contributed by atoms with van der Waals surface area (Å²) >= 11 is 6.37. The number of anilines is 1. The summed E-state index contributed by atoms with van der Waals surface area (Å²) in [6.07, 6.45) is 2.75. The summed E-state index contributed by atoms with van der Waals surface area (Å²) in [5.41, 5.74) is 1.79. The van der Waals surface area contributed by atoms with Crippen LogP contribution in [-0.2, 0) is 6.54 Å². The van der Waals surface area contributed by atoms with Crippen LogP contribution in [0.3, 0.4) is 0 Å². The van der Waals surface area contributed by atoms with E-state index in [1.807, 2.05) is 13.0 Å². The van der Waals surface area contributed by atoms with Gasteiger partial charge in [-0.2, -0.15) is 0 Å². The number of benzene rings is 1. The van der Waals surface area contributed by atoms with Crippen molar-refractivity contribution in [2.45, 2.75) is 45.3 Å². The van der Waals surface area contributed by atoms with Crippen LogP contribution in [0.4, 0.5) is 5.69 Å². The average molecular weight is 297 g/mol. The predicted molar refractivity (Wildman–Crippen MR) is 85.5 cm³/mol. The van der Waals surface area contributed by atoms with Crippen molar-refractivity contribution in [1.29, 1.82) is 0 Å². The third-order valence-corrected chi connectivity index (χ3v) is 4.34. The molecule has 1 aliphatic heterocycles. The minimum atomic E-state index is -0.510. The molecule has 3 nitrogen and oxygen atoms in total. The van der Waals surface area contributed by atoms with Gasteiger partial charge >= 0.3 is 0 Å². The van der Waals surface area contributed by atoms with Crippen LogP contribution in [0.1, 0.15) is 38.7 Å². The van der Waals surface area contributed by atoms with Gasteiger partial charge in [-0.15, -0.1) is 0 Å². The van der Waals surface area contributed by atoms with E-state index in [1.165, 1.54) is 0 Å². The van der Waals surface area contributed by atoms with Crippen molar-refractivity contribution in [3.63, 3.8) is 0 Å². The Labute approximate surface area is 126 Å². The van der Waals surface area contributed by atoms with Gasteiger partial charge in [-0.05, 0) is 50.4 Å². The molecule has 112 valence electrons. The van der Waals surface area contributed by atoms with E-state index in [9.17, 15) is 5.11 Å². The molecule has 1 aromatic rings. The van der Waals surface area contributed by atoms with E-state index in [1.54, 1.807) is 0 Å². The SMILES string of the molecule is CCCNCc1ccc(N2CCC(C)(O)CC2)cc1Cl. The van der Waals surface area contributed by atoms with Gasteiger partial charge in [0, 0.05) is 30.3 Å². The number of aliphatic hydroxyl groups is 1. The monoisotopic (exact) mass is 296 g/mol. The Bertz CT molecular complexity index is 438. The summed E-state index contributed by atoms with van der Waals surface area (Å²) in [6.45, 7) is 7.68. The van der Waals surface area contributed by atoms with Gasteiger partial charge in [0.05, 0.1) is 5.60 Å². The number of nitrogens with zero attached hydrogens (tertiary/aromatic N) is 1. The number of hydrogen-bond donors (Lipinski definition) is 2. The van der Waals surface area contributed by atoms with Crippen molar-refractivity contribution >= 4 is 17.3 Å². The number of hydrogen-bond acceptors (Lipinski definition) is 3. The number of halogens is 1. The molecule has 0 amide bonds. The van der Waals surface area contributed by atoms with E-state index < -0.39 is 5.60 Å². The normalized spacial score (nSPS) is 18.3. The standard InChI is InChI=1S/C16H25ClN2O/c1-3-8-18-12-13-4-5-14(11-15(13)17)19-9-6-16(2,20)7-10-19/h4-5,11,18,20H,3,6-10,12H2,1-2H3. The molecule has 1 aromatic carbocycles. The Balaban J connectivity index is 1.98. The average Bonchev–Trinajstić information content (AvgIpc) is 2.41. The van der Waals surface area contributed by atoms with Crippen LogP contribution < -0.4 is 10.2 Å². The zero-order valence-corrected chi connectivity index (χ0v) is 13.2. The third kappa shape index (κ3) is 4.11. The number of rotatable bonds is 5. The molecule has 0 spiro atoms. The van der Waals surface area contributed by atoms with Crippen LogP contribution in [0.5, 0.6) is 0 Å². The third-order valence-electron chi connectivity index (χ3n) is 3.98. The highest BCUT2D eigenvalue weighted by Gasteiger charge is 2.27. The molecule has 0 unspecified atom stereocenters. The van der Waals surface area contributed by atoms with E-state index in [0.717, 1.165) is 61.7 Å². The summed E-state index contributed by atoms with van der Waals surface area (Å²) < 4.78 is 0. The number of piperidine rings is 1. The molecule has 1 heterocycles. The molecule has 1 saturated heterocycles. The molecule has 0 bridgehead atoms. The molecule has 0 aliphatic carbocycles. The van der Waals surface area contributed by atoms with Gasteiger partial charge in [0.1, 0.15) is 0 Å². The second-order valence-electron chi connectivity index (χ2n) is 5.94. The fraction of sp³-hybridized carbons (Fsp3) is 0.625. The lowest BCUT2D eigenvalue weighted by Crippen LogP contribution is -2.42. The fourth-order valence-corrected chi connectivity index (χ4v) is 2.76. The topological polar surface area (TPSA) is 35.5 Å². The minimum absolute atomic E-state index is 0.510. The Hall–Kier alpha value is -0.770. The molecule has 1 fully saturated rings. The van der Waals surface area contributed by atoms with Gasteiger partial charge < -0.3 is 15.3 Å². The highest BCUT2D eigenvalue weighted by molar-refractivity contribution is 6.31. The van der Waals surface area contributed by atoms with Crippen molar-refractivity contribution in [1.82, 2.24) is 5.32 Å². The maximum absolute atomic E-state index is 10.00. The molecule has 4 heteroatoms. The molecular formula is C16H25ClN2O. The van der Waals surface area contributed by atoms with Gasteiger partial charge in [-0.25, -0.2) is 0 Å². The van der Waals surface area contributed by atoms with Crippen LogP contribution in [0.15, 0.2) is 18.2 Å². The second kappa shape index (κ2) is 6.79. The summed E-state index contributed by atoms with van der Waals surface area (Å²) in [6, 6.07) is 6.28. The van der Waals surface area contributed by atoms with Crippen LogP contribution in [0.25, 0.3) is 0 Å². The molecule has 1 aliphatic rings. The first-order valence-electron chi connectivity index (χ1n) is 7.48. The first-order chi connectivity index (χ1) is 9.52. The van der Waals surface area contributed by atoms with Gasteiger partial charge in [-0.1, -0.05) is 24.6 Å². The van der Waals surface area contributed by atoms with Crippen molar-refractivity contribution in [3.8, 4) is 0 Å². The van der Waals surface area contributed by atoms with E-state index in [4.69, 9.17) is 11.6 Å². The van der Waals surface area contributed by atoms with E-state index in [-0.39, 0.29) is 0 Å². The molecule has 2 rings (SSSR count). The molecule has 0 saturated carbocycles.